The summed E-state index contributed by atoms with van der Waals surface area (Å²) in [5.74, 6) is 1.04. The van der Waals surface area contributed by atoms with Crippen LogP contribution in [0.25, 0.3) is 5.69 Å². The van der Waals surface area contributed by atoms with Crippen LogP contribution in [-0.2, 0) is 4.74 Å². The van der Waals surface area contributed by atoms with Crippen molar-refractivity contribution in [1.29, 1.82) is 0 Å². The molecule has 0 bridgehead atoms. The molecule has 0 unspecified atom stereocenters. The molecule has 1 saturated carbocycles. The smallest absolute Gasteiger partial charge is 0.490 e. The van der Waals surface area contributed by atoms with Crippen LogP contribution in [0.2, 0.25) is 0 Å². The minimum absolute atomic E-state index is 0.197. The van der Waals surface area contributed by atoms with Gasteiger partial charge >= 0.3 is 6.16 Å². The first-order valence-corrected chi connectivity index (χ1v) is 8.30. The molecule has 0 radical (unpaired) electrons. The first-order valence-electron chi connectivity index (χ1n) is 8.30. The number of hydrogen-bond acceptors (Lipinski definition) is 5. The van der Waals surface area contributed by atoms with Gasteiger partial charge in [-0.15, -0.1) is 0 Å². The van der Waals surface area contributed by atoms with Gasteiger partial charge in [0.25, 0.3) is 0 Å². The van der Waals surface area contributed by atoms with E-state index >= 15 is 0 Å². The maximum absolute atomic E-state index is 11.5. The zero-order valence-electron chi connectivity index (χ0n) is 14.0. The number of imidazole rings is 1. The average Bonchev–Trinajstić information content (AvgIpc) is 3.18. The third-order valence-corrected chi connectivity index (χ3v) is 3.80. The molecule has 6 heteroatoms. The van der Waals surface area contributed by atoms with E-state index in [1.807, 2.05) is 24.3 Å². The van der Waals surface area contributed by atoms with Crippen molar-refractivity contribution in [2.24, 2.45) is 0 Å². The predicted molar refractivity (Wildman–Crippen MR) is 88.7 cm³/mol. The van der Waals surface area contributed by atoms with E-state index in [9.17, 15) is 4.79 Å². The van der Waals surface area contributed by atoms with E-state index in [2.05, 4.69) is 4.98 Å². The lowest BCUT2D eigenvalue weighted by molar-refractivity contribution is 0.0717. The third-order valence-electron chi connectivity index (χ3n) is 3.80. The highest BCUT2D eigenvalue weighted by atomic mass is 16.7. The lowest BCUT2D eigenvalue weighted by Gasteiger charge is -2.13. The molecule has 24 heavy (non-hydrogen) atoms. The molecule has 1 aromatic heterocycles. The normalized spacial score (nSPS) is 14.8. The van der Waals surface area contributed by atoms with E-state index in [1.54, 1.807) is 30.9 Å². The number of rotatable bonds is 5. The lowest BCUT2D eigenvalue weighted by Crippen LogP contribution is -2.15. The molecular formula is C18H22N2O4. The van der Waals surface area contributed by atoms with Gasteiger partial charge in [0.2, 0.25) is 5.88 Å². The Kier molecular flexibility index (Phi) is 5.03. The fourth-order valence-electron chi connectivity index (χ4n) is 2.72. The van der Waals surface area contributed by atoms with Crippen molar-refractivity contribution in [1.82, 2.24) is 9.55 Å². The van der Waals surface area contributed by atoms with Crippen LogP contribution in [0.1, 0.15) is 39.5 Å². The van der Waals surface area contributed by atoms with E-state index in [0.717, 1.165) is 24.3 Å². The van der Waals surface area contributed by atoms with Gasteiger partial charge < -0.3 is 18.8 Å². The maximum atomic E-state index is 11.5. The van der Waals surface area contributed by atoms with Crippen molar-refractivity contribution in [2.75, 3.05) is 0 Å². The number of carbonyl (C=O) groups excluding carboxylic acids is 1. The van der Waals surface area contributed by atoms with E-state index in [-0.39, 0.29) is 12.0 Å². The van der Waals surface area contributed by atoms with Gasteiger partial charge in [-0.05, 0) is 51.7 Å². The highest BCUT2D eigenvalue weighted by Crippen LogP contribution is 2.25. The predicted octanol–water partition coefficient (Wildman–Crippen LogP) is 4.12. The Balaban J connectivity index is 1.67. The second-order valence-corrected chi connectivity index (χ2v) is 6.16. The molecule has 2 aromatic rings. The van der Waals surface area contributed by atoms with Gasteiger partial charge in [-0.2, -0.15) is 0 Å². The van der Waals surface area contributed by atoms with Crippen LogP contribution in [0, 0.1) is 0 Å². The van der Waals surface area contributed by atoms with Crippen molar-refractivity contribution >= 4 is 6.16 Å². The Hall–Kier alpha value is -2.50. The quantitative estimate of drug-likeness (QED) is 0.772. The maximum Gasteiger partial charge on any atom is 0.515 e. The molecule has 0 spiro atoms. The Morgan fingerprint density at radius 2 is 2.08 bits per heavy atom. The number of aromatic nitrogens is 2. The number of benzene rings is 1. The summed E-state index contributed by atoms with van der Waals surface area (Å²) < 4.78 is 17.8. The molecule has 1 aromatic carbocycles. The molecule has 1 aliphatic rings. The van der Waals surface area contributed by atoms with Gasteiger partial charge in [-0.3, -0.25) is 0 Å². The topological polar surface area (TPSA) is 62.6 Å². The average molecular weight is 330 g/mol. The Labute approximate surface area is 141 Å². The second-order valence-electron chi connectivity index (χ2n) is 6.16. The van der Waals surface area contributed by atoms with Gasteiger partial charge in [0, 0.05) is 6.07 Å². The van der Waals surface area contributed by atoms with Crippen LogP contribution in [0.5, 0.6) is 11.6 Å². The van der Waals surface area contributed by atoms with Crippen molar-refractivity contribution in [3.05, 3.63) is 36.8 Å². The molecule has 1 heterocycles. The monoisotopic (exact) mass is 330 g/mol. The Bertz CT molecular complexity index is 690. The third kappa shape index (κ3) is 4.28. The number of hydrogen-bond donors (Lipinski definition) is 0. The van der Waals surface area contributed by atoms with Crippen LogP contribution in [0.3, 0.4) is 0 Å². The summed E-state index contributed by atoms with van der Waals surface area (Å²) in [5.41, 5.74) is 0.894. The number of nitrogens with zero attached hydrogens (tertiary/aromatic N) is 2. The van der Waals surface area contributed by atoms with Crippen LogP contribution < -0.4 is 9.47 Å². The molecule has 1 fully saturated rings. The summed E-state index contributed by atoms with van der Waals surface area (Å²) in [4.78, 5) is 15.6. The zero-order valence-corrected chi connectivity index (χ0v) is 14.0. The SMILES string of the molecule is CC(C)OC(=O)Oc1cn(-c2cccc(OC3CCCC3)c2)cn1. The van der Waals surface area contributed by atoms with E-state index in [0.29, 0.717) is 6.10 Å². The lowest BCUT2D eigenvalue weighted by atomic mass is 10.2. The minimum Gasteiger partial charge on any atom is -0.490 e. The first kappa shape index (κ1) is 16.4. The van der Waals surface area contributed by atoms with Crippen LogP contribution in [-0.4, -0.2) is 27.9 Å². The fourth-order valence-corrected chi connectivity index (χ4v) is 2.72. The Morgan fingerprint density at radius 1 is 1.29 bits per heavy atom. The molecule has 0 atom stereocenters. The van der Waals surface area contributed by atoms with E-state index in [4.69, 9.17) is 14.2 Å². The minimum atomic E-state index is -0.756. The molecular weight excluding hydrogens is 308 g/mol. The molecule has 0 aliphatic heterocycles. The number of carbonyl (C=O) groups is 1. The van der Waals surface area contributed by atoms with Gasteiger partial charge in [0.1, 0.15) is 12.1 Å². The molecule has 6 nitrogen and oxygen atoms in total. The summed E-state index contributed by atoms with van der Waals surface area (Å²) in [6, 6.07) is 7.79. The van der Waals surface area contributed by atoms with Gasteiger partial charge in [0.15, 0.2) is 0 Å². The molecule has 0 saturated heterocycles. The largest absolute Gasteiger partial charge is 0.515 e. The Morgan fingerprint density at radius 3 is 2.83 bits per heavy atom. The summed E-state index contributed by atoms with van der Waals surface area (Å²) >= 11 is 0. The first-order chi connectivity index (χ1) is 11.6. The van der Waals surface area contributed by atoms with Gasteiger partial charge in [-0.25, -0.2) is 9.78 Å². The molecule has 0 amide bonds. The van der Waals surface area contributed by atoms with E-state index < -0.39 is 6.16 Å². The van der Waals surface area contributed by atoms with Crippen molar-refractivity contribution in [3.63, 3.8) is 0 Å². The molecule has 3 rings (SSSR count). The van der Waals surface area contributed by atoms with E-state index in [1.165, 1.54) is 12.8 Å². The molecule has 0 N–H and O–H groups in total. The van der Waals surface area contributed by atoms with Crippen molar-refractivity contribution < 1.29 is 19.0 Å². The number of ether oxygens (including phenoxy) is 3. The summed E-state index contributed by atoms with van der Waals surface area (Å²) in [6.07, 6.45) is 7.25. The molecule has 1 aliphatic carbocycles. The second kappa shape index (κ2) is 7.38. The zero-order chi connectivity index (χ0) is 16.9. The summed E-state index contributed by atoms with van der Waals surface area (Å²) in [5, 5.41) is 0. The van der Waals surface area contributed by atoms with Crippen molar-refractivity contribution in [2.45, 2.75) is 51.7 Å². The molecule has 128 valence electrons. The van der Waals surface area contributed by atoms with Gasteiger partial charge in [-0.1, -0.05) is 6.07 Å². The highest BCUT2D eigenvalue weighted by Gasteiger charge is 2.17. The van der Waals surface area contributed by atoms with Gasteiger partial charge in [0.05, 0.1) is 24.1 Å². The highest BCUT2D eigenvalue weighted by molar-refractivity contribution is 5.63. The van der Waals surface area contributed by atoms with Crippen LogP contribution >= 0.6 is 0 Å². The standard InChI is InChI=1S/C18H22N2O4/c1-13(2)22-18(21)24-17-11-20(12-19-17)14-6-5-9-16(10-14)23-15-7-3-4-8-15/h5-6,9-13,15H,3-4,7-8H2,1-2H3. The summed E-state index contributed by atoms with van der Waals surface area (Å²) in [7, 11) is 0. The van der Waals surface area contributed by atoms with Crippen molar-refractivity contribution in [3.8, 4) is 17.3 Å². The summed E-state index contributed by atoms with van der Waals surface area (Å²) in [6.45, 7) is 3.52. The van der Waals surface area contributed by atoms with Crippen LogP contribution in [0.15, 0.2) is 36.8 Å². The fraction of sp³-hybridized carbons (Fsp3) is 0.444. The van der Waals surface area contributed by atoms with Crippen LogP contribution in [0.4, 0.5) is 4.79 Å².